The zero-order valence-corrected chi connectivity index (χ0v) is 10.8. The molecular weight excluding hydrogens is 228 g/mol. The Morgan fingerprint density at radius 3 is 2.89 bits per heavy atom. The van der Waals surface area contributed by atoms with E-state index in [4.69, 9.17) is 10.5 Å². The highest BCUT2D eigenvalue weighted by Crippen LogP contribution is 2.16. The maximum Gasteiger partial charge on any atom is 0.255 e. The van der Waals surface area contributed by atoms with Gasteiger partial charge in [-0.25, -0.2) is 0 Å². The van der Waals surface area contributed by atoms with Gasteiger partial charge in [-0.3, -0.25) is 4.79 Å². The van der Waals surface area contributed by atoms with Gasteiger partial charge in [0, 0.05) is 25.9 Å². The second kappa shape index (κ2) is 5.87. The van der Waals surface area contributed by atoms with Crippen LogP contribution in [-0.2, 0) is 4.74 Å². The normalized spacial score (nSPS) is 19.5. The zero-order valence-electron chi connectivity index (χ0n) is 10.8. The van der Waals surface area contributed by atoms with E-state index >= 15 is 0 Å². The van der Waals surface area contributed by atoms with Gasteiger partial charge in [0.05, 0.1) is 11.7 Å². The molecule has 0 radical (unpaired) electrons. The highest BCUT2D eigenvalue weighted by Gasteiger charge is 2.20. The standard InChI is InChI=1S/C14H20N2O2/c1-16(10-11-6-4-5-9-18-11)14(17)12-7-2-3-8-13(12)15/h2-3,7-8,11H,4-6,9-10,15H2,1H3. The first-order valence-corrected chi connectivity index (χ1v) is 6.40. The van der Waals surface area contributed by atoms with Crippen LogP contribution in [0, 0.1) is 0 Å². The van der Waals surface area contributed by atoms with E-state index in [0.29, 0.717) is 17.8 Å². The summed E-state index contributed by atoms with van der Waals surface area (Å²) in [6, 6.07) is 7.17. The molecule has 1 fully saturated rings. The van der Waals surface area contributed by atoms with Crippen LogP contribution in [0.4, 0.5) is 5.69 Å². The van der Waals surface area contributed by atoms with Gasteiger partial charge < -0.3 is 15.4 Å². The van der Waals surface area contributed by atoms with E-state index in [1.54, 1.807) is 24.1 Å². The first-order valence-electron chi connectivity index (χ1n) is 6.40. The van der Waals surface area contributed by atoms with Crippen LogP contribution in [0.25, 0.3) is 0 Å². The lowest BCUT2D eigenvalue weighted by Crippen LogP contribution is -2.37. The summed E-state index contributed by atoms with van der Waals surface area (Å²) < 4.78 is 5.64. The Kier molecular flexibility index (Phi) is 4.20. The van der Waals surface area contributed by atoms with E-state index < -0.39 is 0 Å². The number of para-hydroxylation sites is 1. The molecule has 2 rings (SSSR count). The van der Waals surface area contributed by atoms with Crippen molar-refractivity contribution in [3.8, 4) is 0 Å². The molecule has 1 unspecified atom stereocenters. The topological polar surface area (TPSA) is 55.6 Å². The summed E-state index contributed by atoms with van der Waals surface area (Å²) in [6.45, 7) is 1.44. The van der Waals surface area contributed by atoms with Crippen molar-refractivity contribution in [1.82, 2.24) is 4.90 Å². The number of nitrogen functional groups attached to an aromatic ring is 1. The smallest absolute Gasteiger partial charge is 0.255 e. The Bertz CT molecular complexity index is 414. The average Bonchev–Trinajstić information content (AvgIpc) is 2.39. The summed E-state index contributed by atoms with van der Waals surface area (Å²) in [5.41, 5.74) is 6.91. The average molecular weight is 248 g/mol. The number of benzene rings is 1. The number of amides is 1. The van der Waals surface area contributed by atoms with E-state index in [1.165, 1.54) is 6.42 Å². The fraction of sp³-hybridized carbons (Fsp3) is 0.500. The molecule has 1 aliphatic heterocycles. The lowest BCUT2D eigenvalue weighted by atomic mass is 10.1. The van der Waals surface area contributed by atoms with Gasteiger partial charge in [0.25, 0.3) is 5.91 Å². The second-order valence-corrected chi connectivity index (χ2v) is 4.76. The third-order valence-corrected chi connectivity index (χ3v) is 3.29. The Morgan fingerprint density at radius 2 is 2.22 bits per heavy atom. The van der Waals surface area contributed by atoms with Gasteiger partial charge in [-0.15, -0.1) is 0 Å². The number of carbonyl (C=O) groups excluding carboxylic acids is 1. The zero-order chi connectivity index (χ0) is 13.0. The van der Waals surface area contributed by atoms with Gasteiger partial charge in [-0.1, -0.05) is 12.1 Å². The molecule has 18 heavy (non-hydrogen) atoms. The van der Waals surface area contributed by atoms with Crippen molar-refractivity contribution < 1.29 is 9.53 Å². The van der Waals surface area contributed by atoms with Crippen molar-refractivity contribution in [2.24, 2.45) is 0 Å². The number of nitrogens with two attached hydrogens (primary N) is 1. The molecule has 1 aliphatic rings. The molecule has 0 bridgehead atoms. The van der Waals surface area contributed by atoms with Crippen LogP contribution in [0.5, 0.6) is 0 Å². The first-order chi connectivity index (χ1) is 8.68. The maximum absolute atomic E-state index is 12.2. The maximum atomic E-state index is 12.2. The Morgan fingerprint density at radius 1 is 1.44 bits per heavy atom. The van der Waals surface area contributed by atoms with Gasteiger partial charge in [-0.2, -0.15) is 0 Å². The van der Waals surface area contributed by atoms with Crippen molar-refractivity contribution in [2.45, 2.75) is 25.4 Å². The number of hydrogen-bond donors (Lipinski definition) is 1. The number of anilines is 1. The molecule has 2 N–H and O–H groups in total. The summed E-state index contributed by atoms with van der Waals surface area (Å²) in [6.07, 6.45) is 3.50. The van der Waals surface area contributed by atoms with Gasteiger partial charge >= 0.3 is 0 Å². The Balaban J connectivity index is 1.98. The molecule has 0 aliphatic carbocycles. The third-order valence-electron chi connectivity index (χ3n) is 3.29. The predicted molar refractivity (Wildman–Crippen MR) is 71.4 cm³/mol. The molecule has 1 heterocycles. The number of carbonyl (C=O) groups is 1. The Labute approximate surface area is 108 Å². The van der Waals surface area contributed by atoms with Gasteiger partial charge in [-0.05, 0) is 31.4 Å². The van der Waals surface area contributed by atoms with Crippen LogP contribution in [0.3, 0.4) is 0 Å². The molecule has 4 nitrogen and oxygen atoms in total. The molecule has 0 saturated carbocycles. The highest BCUT2D eigenvalue weighted by atomic mass is 16.5. The summed E-state index contributed by atoms with van der Waals surface area (Å²) in [7, 11) is 1.80. The quantitative estimate of drug-likeness (QED) is 0.831. The molecule has 4 heteroatoms. The fourth-order valence-electron chi connectivity index (χ4n) is 2.24. The molecule has 1 aromatic carbocycles. The second-order valence-electron chi connectivity index (χ2n) is 4.76. The van der Waals surface area contributed by atoms with E-state index in [1.807, 2.05) is 12.1 Å². The first kappa shape index (κ1) is 12.9. The monoisotopic (exact) mass is 248 g/mol. The van der Waals surface area contributed by atoms with Crippen LogP contribution >= 0.6 is 0 Å². The molecule has 1 atom stereocenters. The van der Waals surface area contributed by atoms with Gasteiger partial charge in [0.2, 0.25) is 0 Å². The lowest BCUT2D eigenvalue weighted by Gasteiger charge is -2.27. The summed E-state index contributed by atoms with van der Waals surface area (Å²) in [5, 5.41) is 0. The van der Waals surface area contributed by atoms with Crippen molar-refractivity contribution in [3.63, 3.8) is 0 Å². The molecule has 0 spiro atoms. The summed E-state index contributed by atoms with van der Waals surface area (Å²) in [4.78, 5) is 13.9. The fourth-order valence-corrected chi connectivity index (χ4v) is 2.24. The SMILES string of the molecule is CN(CC1CCCCO1)C(=O)c1ccccc1N. The minimum Gasteiger partial charge on any atom is -0.398 e. The van der Waals surface area contributed by atoms with E-state index in [-0.39, 0.29) is 12.0 Å². The number of rotatable bonds is 3. The van der Waals surface area contributed by atoms with Crippen LogP contribution in [0.2, 0.25) is 0 Å². The molecule has 1 saturated heterocycles. The summed E-state index contributed by atoms with van der Waals surface area (Å²) >= 11 is 0. The Hall–Kier alpha value is -1.55. The minimum atomic E-state index is -0.0396. The van der Waals surface area contributed by atoms with Crippen LogP contribution < -0.4 is 5.73 Å². The largest absolute Gasteiger partial charge is 0.398 e. The summed E-state index contributed by atoms with van der Waals surface area (Å²) in [5.74, 6) is -0.0396. The number of nitrogens with zero attached hydrogens (tertiary/aromatic N) is 1. The molecular formula is C14H20N2O2. The molecule has 0 aromatic heterocycles. The van der Waals surface area contributed by atoms with Crippen molar-refractivity contribution in [2.75, 3.05) is 25.9 Å². The van der Waals surface area contributed by atoms with Crippen molar-refractivity contribution in [1.29, 1.82) is 0 Å². The predicted octanol–water partition coefficient (Wildman–Crippen LogP) is 1.91. The van der Waals surface area contributed by atoms with Crippen LogP contribution in [-0.4, -0.2) is 37.1 Å². The van der Waals surface area contributed by atoms with Crippen LogP contribution in [0.15, 0.2) is 24.3 Å². The number of hydrogen-bond acceptors (Lipinski definition) is 3. The van der Waals surface area contributed by atoms with E-state index in [9.17, 15) is 4.79 Å². The van der Waals surface area contributed by atoms with E-state index in [2.05, 4.69) is 0 Å². The van der Waals surface area contributed by atoms with Crippen molar-refractivity contribution >= 4 is 11.6 Å². The van der Waals surface area contributed by atoms with Gasteiger partial charge in [0.15, 0.2) is 0 Å². The highest BCUT2D eigenvalue weighted by molar-refractivity contribution is 5.98. The third kappa shape index (κ3) is 3.01. The lowest BCUT2D eigenvalue weighted by molar-refractivity contribution is -0.000170. The number of ether oxygens (including phenoxy) is 1. The molecule has 1 amide bonds. The van der Waals surface area contributed by atoms with Crippen molar-refractivity contribution in [3.05, 3.63) is 29.8 Å². The molecule has 1 aromatic rings. The molecule has 98 valence electrons. The van der Waals surface area contributed by atoms with E-state index in [0.717, 1.165) is 19.4 Å². The van der Waals surface area contributed by atoms with Crippen LogP contribution in [0.1, 0.15) is 29.6 Å². The van der Waals surface area contributed by atoms with Gasteiger partial charge in [0.1, 0.15) is 0 Å². The minimum absolute atomic E-state index is 0.0396. The number of likely N-dealkylation sites (N-methyl/N-ethyl adjacent to an activating group) is 1.